The van der Waals surface area contributed by atoms with Gasteiger partial charge < -0.3 is 4.74 Å². The van der Waals surface area contributed by atoms with E-state index in [-0.39, 0.29) is 5.97 Å². The summed E-state index contributed by atoms with van der Waals surface area (Å²) in [7, 11) is 0. The Morgan fingerprint density at radius 2 is 2.11 bits per heavy atom. The first-order valence-electron chi connectivity index (χ1n) is 6.70. The number of rotatable bonds is 7. The molecule has 1 aromatic rings. The van der Waals surface area contributed by atoms with Crippen molar-refractivity contribution in [3.8, 4) is 0 Å². The normalized spacial score (nSPS) is 15.1. The average molecular weight is 267 g/mol. The quantitative estimate of drug-likeness (QED) is 0.711. The number of ether oxygens (including phenoxy) is 1. The molecule has 0 unspecified atom stereocenters. The summed E-state index contributed by atoms with van der Waals surface area (Å²) < 4.78 is 5.04. The Balaban J connectivity index is 1.91. The maximum Gasteiger partial charge on any atom is 0.320 e. The zero-order valence-electron chi connectivity index (χ0n) is 11.1. The second-order valence-corrected chi connectivity index (χ2v) is 5.92. The first-order chi connectivity index (χ1) is 8.72. The van der Waals surface area contributed by atoms with Gasteiger partial charge in [-0.05, 0) is 38.3 Å². The second-order valence-electron chi connectivity index (χ2n) is 4.66. The van der Waals surface area contributed by atoms with E-state index in [1.165, 1.54) is 22.6 Å². The molecule has 0 amide bonds. The molecule has 0 atom stereocenters. The van der Waals surface area contributed by atoms with Gasteiger partial charge in [-0.1, -0.05) is 6.92 Å². The minimum absolute atomic E-state index is 0.100. The topological polar surface area (TPSA) is 29.5 Å². The fraction of sp³-hybridized carbons (Fsp3) is 0.643. The first kappa shape index (κ1) is 13.6. The Kier molecular flexibility index (Phi) is 4.78. The van der Waals surface area contributed by atoms with Crippen molar-refractivity contribution in [3.63, 3.8) is 0 Å². The third-order valence-corrected chi connectivity index (χ3v) is 4.34. The highest BCUT2D eigenvalue weighted by molar-refractivity contribution is 7.11. The van der Waals surface area contributed by atoms with Crippen molar-refractivity contribution in [1.29, 1.82) is 0 Å². The minimum Gasteiger partial charge on any atom is -0.465 e. The minimum atomic E-state index is -0.100. The molecule has 0 N–H and O–H groups in total. The highest BCUT2D eigenvalue weighted by Gasteiger charge is 2.30. The van der Waals surface area contributed by atoms with Gasteiger partial charge in [-0.15, -0.1) is 11.3 Å². The molecule has 1 heterocycles. The van der Waals surface area contributed by atoms with Crippen LogP contribution in [0.2, 0.25) is 0 Å². The van der Waals surface area contributed by atoms with Crippen LogP contribution in [0.1, 0.15) is 36.4 Å². The SMILES string of the molecule is CCOC(=O)CN(Cc1ccc(CC)s1)C1CC1. The standard InChI is InChI=1S/C14H21NO2S/c1-3-12-7-8-13(18-12)9-15(11-5-6-11)10-14(16)17-4-2/h7-8,11H,3-6,9-10H2,1-2H3. The molecule has 4 heteroatoms. The van der Waals surface area contributed by atoms with Crippen LogP contribution in [0.15, 0.2) is 12.1 Å². The fourth-order valence-electron chi connectivity index (χ4n) is 2.02. The largest absolute Gasteiger partial charge is 0.465 e. The van der Waals surface area contributed by atoms with Gasteiger partial charge in [0.25, 0.3) is 0 Å². The van der Waals surface area contributed by atoms with Crippen LogP contribution in [-0.2, 0) is 22.5 Å². The zero-order valence-corrected chi connectivity index (χ0v) is 12.0. The van der Waals surface area contributed by atoms with E-state index >= 15 is 0 Å². The molecule has 3 nitrogen and oxygen atoms in total. The van der Waals surface area contributed by atoms with E-state index in [9.17, 15) is 4.79 Å². The molecule has 1 saturated carbocycles. The summed E-state index contributed by atoms with van der Waals surface area (Å²) in [5, 5.41) is 0. The Bertz CT molecular complexity index is 398. The van der Waals surface area contributed by atoms with Crippen molar-refractivity contribution < 1.29 is 9.53 Å². The number of nitrogens with zero attached hydrogens (tertiary/aromatic N) is 1. The maximum absolute atomic E-state index is 11.6. The fourth-order valence-corrected chi connectivity index (χ4v) is 3.01. The molecule has 0 radical (unpaired) electrons. The Morgan fingerprint density at radius 3 is 2.67 bits per heavy atom. The average Bonchev–Trinajstić information content (AvgIpc) is 3.10. The van der Waals surface area contributed by atoms with E-state index in [4.69, 9.17) is 4.74 Å². The molecular weight excluding hydrogens is 246 g/mol. The summed E-state index contributed by atoms with van der Waals surface area (Å²) in [5.74, 6) is -0.100. The lowest BCUT2D eigenvalue weighted by atomic mass is 10.3. The summed E-state index contributed by atoms with van der Waals surface area (Å²) in [6.07, 6.45) is 3.52. The number of carbonyl (C=O) groups excluding carboxylic acids is 1. The molecule has 1 fully saturated rings. The lowest BCUT2D eigenvalue weighted by Crippen LogP contribution is -2.32. The van der Waals surface area contributed by atoms with Crippen LogP contribution in [0, 0.1) is 0 Å². The monoisotopic (exact) mass is 267 g/mol. The van der Waals surface area contributed by atoms with Crippen LogP contribution in [0.3, 0.4) is 0 Å². The summed E-state index contributed by atoms with van der Waals surface area (Å²) >= 11 is 1.85. The van der Waals surface area contributed by atoms with Gasteiger partial charge in [-0.2, -0.15) is 0 Å². The van der Waals surface area contributed by atoms with Crippen molar-refractivity contribution in [2.75, 3.05) is 13.2 Å². The number of hydrogen-bond donors (Lipinski definition) is 0. The van der Waals surface area contributed by atoms with Crippen molar-refractivity contribution in [2.45, 2.75) is 45.7 Å². The molecule has 0 aromatic carbocycles. The number of aryl methyl sites for hydroxylation is 1. The molecule has 1 aliphatic rings. The van der Waals surface area contributed by atoms with Gasteiger partial charge in [-0.25, -0.2) is 0 Å². The molecule has 0 aliphatic heterocycles. The van der Waals surface area contributed by atoms with Gasteiger partial charge in [-0.3, -0.25) is 9.69 Å². The van der Waals surface area contributed by atoms with Crippen LogP contribution in [-0.4, -0.2) is 30.1 Å². The summed E-state index contributed by atoms with van der Waals surface area (Å²) in [4.78, 5) is 16.6. The number of esters is 1. The number of thiophene rings is 1. The molecule has 18 heavy (non-hydrogen) atoms. The third kappa shape index (κ3) is 3.82. The second kappa shape index (κ2) is 6.34. The van der Waals surface area contributed by atoms with Crippen LogP contribution in [0.4, 0.5) is 0 Å². The highest BCUT2D eigenvalue weighted by atomic mass is 32.1. The van der Waals surface area contributed by atoms with E-state index < -0.39 is 0 Å². The lowest BCUT2D eigenvalue weighted by molar-refractivity contribution is -0.144. The molecule has 100 valence electrons. The summed E-state index contributed by atoms with van der Waals surface area (Å²) in [6, 6.07) is 4.96. The van der Waals surface area contributed by atoms with E-state index in [1.54, 1.807) is 0 Å². The molecule has 0 bridgehead atoms. The van der Waals surface area contributed by atoms with Gasteiger partial charge in [0, 0.05) is 22.3 Å². The zero-order chi connectivity index (χ0) is 13.0. The Morgan fingerprint density at radius 1 is 1.39 bits per heavy atom. The smallest absolute Gasteiger partial charge is 0.320 e. The van der Waals surface area contributed by atoms with Gasteiger partial charge in [0.05, 0.1) is 13.2 Å². The van der Waals surface area contributed by atoms with Crippen molar-refractivity contribution in [3.05, 3.63) is 21.9 Å². The predicted octanol–water partition coefficient (Wildman–Crippen LogP) is 2.84. The van der Waals surface area contributed by atoms with E-state index in [0.29, 0.717) is 19.2 Å². The van der Waals surface area contributed by atoms with Crippen molar-refractivity contribution in [2.24, 2.45) is 0 Å². The van der Waals surface area contributed by atoms with Crippen LogP contribution < -0.4 is 0 Å². The number of hydrogen-bond acceptors (Lipinski definition) is 4. The molecular formula is C14H21NO2S. The van der Waals surface area contributed by atoms with Crippen LogP contribution in [0.25, 0.3) is 0 Å². The first-order valence-corrected chi connectivity index (χ1v) is 7.51. The van der Waals surface area contributed by atoms with Gasteiger partial charge in [0.2, 0.25) is 0 Å². The third-order valence-electron chi connectivity index (χ3n) is 3.13. The Labute approximate surface area is 113 Å². The number of carbonyl (C=O) groups is 1. The molecule has 0 saturated heterocycles. The summed E-state index contributed by atoms with van der Waals surface area (Å²) in [5.41, 5.74) is 0. The maximum atomic E-state index is 11.6. The molecule has 1 aliphatic carbocycles. The molecule has 1 aromatic heterocycles. The van der Waals surface area contributed by atoms with Crippen molar-refractivity contribution >= 4 is 17.3 Å². The van der Waals surface area contributed by atoms with Crippen LogP contribution in [0.5, 0.6) is 0 Å². The van der Waals surface area contributed by atoms with Crippen LogP contribution >= 0.6 is 11.3 Å². The predicted molar refractivity (Wildman–Crippen MR) is 73.8 cm³/mol. The van der Waals surface area contributed by atoms with Gasteiger partial charge in [0.15, 0.2) is 0 Å². The highest BCUT2D eigenvalue weighted by Crippen LogP contribution is 2.29. The summed E-state index contributed by atoms with van der Waals surface area (Å²) in [6.45, 7) is 5.81. The van der Waals surface area contributed by atoms with E-state index in [0.717, 1.165) is 13.0 Å². The van der Waals surface area contributed by atoms with E-state index in [1.807, 2.05) is 18.3 Å². The molecule has 2 rings (SSSR count). The van der Waals surface area contributed by atoms with Gasteiger partial charge >= 0.3 is 5.97 Å². The lowest BCUT2D eigenvalue weighted by Gasteiger charge is -2.19. The van der Waals surface area contributed by atoms with Gasteiger partial charge in [0.1, 0.15) is 0 Å². The Hall–Kier alpha value is -0.870. The van der Waals surface area contributed by atoms with E-state index in [2.05, 4.69) is 24.0 Å². The molecule has 0 spiro atoms. The van der Waals surface area contributed by atoms with Crippen molar-refractivity contribution in [1.82, 2.24) is 4.90 Å².